The van der Waals surface area contributed by atoms with Gasteiger partial charge >= 0.3 is 0 Å². The number of nitrogens with one attached hydrogen (secondary N) is 1. The number of imidazole rings is 1. The first-order valence-corrected chi connectivity index (χ1v) is 6.57. The van der Waals surface area contributed by atoms with Crippen molar-refractivity contribution in [3.63, 3.8) is 0 Å². The fraction of sp³-hybridized carbons (Fsp3) is 0.357. The van der Waals surface area contributed by atoms with Gasteiger partial charge in [-0.15, -0.1) is 0 Å². The van der Waals surface area contributed by atoms with Crippen LogP contribution in [0.1, 0.15) is 12.0 Å². The Morgan fingerprint density at radius 2 is 2.38 bits per heavy atom. The van der Waals surface area contributed by atoms with E-state index < -0.39 is 0 Å². The molecule has 0 fully saturated rings. The maximum atomic E-state index is 11.7. The van der Waals surface area contributed by atoms with Crippen LogP contribution in [0.5, 0.6) is 0 Å². The molecule has 0 aliphatic rings. The van der Waals surface area contributed by atoms with Crippen LogP contribution in [0.3, 0.4) is 0 Å². The first kappa shape index (κ1) is 14.8. The summed E-state index contributed by atoms with van der Waals surface area (Å²) in [5.74, 6) is 0.259. The molecule has 0 atom stereocenters. The van der Waals surface area contributed by atoms with Crippen LogP contribution in [0.25, 0.3) is 11.0 Å². The lowest BCUT2D eigenvalue weighted by atomic mass is 10.2. The van der Waals surface area contributed by atoms with E-state index >= 15 is 0 Å². The Bertz CT molecular complexity index is 686. The van der Waals surface area contributed by atoms with Crippen molar-refractivity contribution in [3.8, 4) is 6.07 Å². The summed E-state index contributed by atoms with van der Waals surface area (Å²) < 4.78 is 6.61. The van der Waals surface area contributed by atoms with Gasteiger partial charge in [-0.1, -0.05) is 0 Å². The van der Waals surface area contributed by atoms with Gasteiger partial charge in [0, 0.05) is 26.6 Å². The number of fused-ring (bicyclic) bond motifs is 1. The smallest absolute Gasteiger partial charge is 0.221 e. The number of rotatable bonds is 6. The number of amides is 1. The first-order chi connectivity index (χ1) is 10.2. The molecular weight excluding hydrogens is 270 g/mol. The zero-order valence-corrected chi connectivity index (χ0v) is 11.8. The predicted octanol–water partition coefficient (Wildman–Crippen LogP) is 0.643. The van der Waals surface area contributed by atoms with E-state index in [-0.39, 0.29) is 12.3 Å². The molecule has 21 heavy (non-hydrogen) atoms. The molecule has 2 aromatic rings. The molecule has 0 bridgehead atoms. The van der Waals surface area contributed by atoms with E-state index in [1.54, 1.807) is 29.9 Å². The maximum Gasteiger partial charge on any atom is 0.221 e. The van der Waals surface area contributed by atoms with Gasteiger partial charge < -0.3 is 20.4 Å². The molecule has 0 unspecified atom stereocenters. The van der Waals surface area contributed by atoms with E-state index in [1.807, 2.05) is 0 Å². The van der Waals surface area contributed by atoms with Crippen LogP contribution in [0.4, 0.5) is 5.95 Å². The number of nitriles is 1. The Kier molecular flexibility index (Phi) is 4.74. The summed E-state index contributed by atoms with van der Waals surface area (Å²) in [6.45, 7) is 1.37. The molecule has 3 N–H and O–H groups in total. The third-order valence-corrected chi connectivity index (χ3v) is 3.10. The highest BCUT2D eigenvalue weighted by atomic mass is 16.5. The van der Waals surface area contributed by atoms with E-state index in [9.17, 15) is 4.79 Å². The first-order valence-electron chi connectivity index (χ1n) is 6.57. The highest BCUT2D eigenvalue weighted by Crippen LogP contribution is 2.19. The summed E-state index contributed by atoms with van der Waals surface area (Å²) in [5.41, 5.74) is 7.88. The van der Waals surface area contributed by atoms with Gasteiger partial charge in [-0.25, -0.2) is 4.98 Å². The molecule has 110 valence electrons. The van der Waals surface area contributed by atoms with Gasteiger partial charge in [0.1, 0.15) is 0 Å². The highest BCUT2D eigenvalue weighted by molar-refractivity contribution is 5.80. The quantitative estimate of drug-likeness (QED) is 0.758. The third kappa shape index (κ3) is 3.49. The van der Waals surface area contributed by atoms with Gasteiger partial charge in [0.15, 0.2) is 0 Å². The summed E-state index contributed by atoms with van der Waals surface area (Å²) >= 11 is 0. The second-order valence-electron chi connectivity index (χ2n) is 4.53. The Morgan fingerprint density at radius 3 is 3.10 bits per heavy atom. The molecule has 1 aromatic heterocycles. The number of benzene rings is 1. The Balaban J connectivity index is 2.09. The molecule has 1 amide bonds. The van der Waals surface area contributed by atoms with Crippen molar-refractivity contribution in [1.29, 1.82) is 5.26 Å². The minimum Gasteiger partial charge on any atom is -0.383 e. The molecule has 0 spiro atoms. The van der Waals surface area contributed by atoms with Gasteiger partial charge in [-0.3, -0.25) is 4.79 Å². The molecule has 0 radical (unpaired) electrons. The van der Waals surface area contributed by atoms with Crippen molar-refractivity contribution >= 4 is 22.9 Å². The number of hydrogen-bond donors (Lipinski definition) is 2. The normalized spacial score (nSPS) is 10.5. The molecule has 0 saturated carbocycles. The number of anilines is 1. The molecular formula is C14H17N5O2. The minimum absolute atomic E-state index is 0.0789. The number of hydrogen-bond acceptors (Lipinski definition) is 5. The number of nitrogens with two attached hydrogens (primary N) is 1. The average molecular weight is 287 g/mol. The van der Waals surface area contributed by atoms with E-state index in [2.05, 4.69) is 16.4 Å². The number of aryl methyl sites for hydroxylation is 1. The van der Waals surface area contributed by atoms with E-state index in [0.29, 0.717) is 36.7 Å². The standard InChI is InChI=1S/C14H17N5O2/c1-21-7-5-17-13(20)4-6-19-12-8-10(9-15)2-3-11(12)18-14(19)16/h2-3,8H,4-7H2,1H3,(H2,16,18)(H,17,20). The minimum atomic E-state index is -0.0789. The molecule has 0 aliphatic heterocycles. The van der Waals surface area contributed by atoms with E-state index in [0.717, 1.165) is 5.52 Å². The lowest BCUT2D eigenvalue weighted by molar-refractivity contribution is -0.121. The second-order valence-corrected chi connectivity index (χ2v) is 4.53. The van der Waals surface area contributed by atoms with Crippen LogP contribution in [0.15, 0.2) is 18.2 Å². The third-order valence-electron chi connectivity index (χ3n) is 3.10. The van der Waals surface area contributed by atoms with E-state index in [4.69, 9.17) is 15.7 Å². The molecule has 7 heteroatoms. The van der Waals surface area contributed by atoms with Crippen molar-refractivity contribution in [1.82, 2.24) is 14.9 Å². The number of carbonyl (C=O) groups is 1. The van der Waals surface area contributed by atoms with Gasteiger partial charge in [-0.2, -0.15) is 5.26 Å². The number of nitrogens with zero attached hydrogens (tertiary/aromatic N) is 3. The fourth-order valence-electron chi connectivity index (χ4n) is 2.04. The van der Waals surface area contributed by atoms with Crippen molar-refractivity contribution in [2.45, 2.75) is 13.0 Å². The topological polar surface area (TPSA) is 106 Å². The van der Waals surface area contributed by atoms with Crippen molar-refractivity contribution < 1.29 is 9.53 Å². The van der Waals surface area contributed by atoms with Gasteiger partial charge in [0.25, 0.3) is 0 Å². The summed E-state index contributed by atoms with van der Waals surface area (Å²) in [6.07, 6.45) is 0.288. The average Bonchev–Trinajstić information content (AvgIpc) is 2.80. The Labute approximate surface area is 122 Å². The van der Waals surface area contributed by atoms with Crippen LogP contribution in [-0.4, -0.2) is 35.7 Å². The van der Waals surface area contributed by atoms with Gasteiger partial charge in [0.2, 0.25) is 11.9 Å². The molecule has 0 aliphatic carbocycles. The van der Waals surface area contributed by atoms with Gasteiger partial charge in [-0.05, 0) is 18.2 Å². The fourth-order valence-corrected chi connectivity index (χ4v) is 2.04. The van der Waals surface area contributed by atoms with Crippen LogP contribution < -0.4 is 11.1 Å². The SMILES string of the molecule is COCCNC(=O)CCn1c(N)nc2ccc(C#N)cc21. The molecule has 2 rings (SSSR count). The Hall–Kier alpha value is -2.59. The van der Waals surface area contributed by atoms with Crippen molar-refractivity contribution in [2.24, 2.45) is 0 Å². The molecule has 0 saturated heterocycles. The summed E-state index contributed by atoms with van der Waals surface area (Å²) in [7, 11) is 1.58. The maximum absolute atomic E-state index is 11.7. The number of aromatic nitrogens is 2. The Morgan fingerprint density at radius 1 is 1.57 bits per heavy atom. The molecule has 1 aromatic carbocycles. The number of carbonyl (C=O) groups excluding carboxylic acids is 1. The zero-order chi connectivity index (χ0) is 15.2. The molecule has 7 nitrogen and oxygen atoms in total. The number of ether oxygens (including phenoxy) is 1. The van der Waals surface area contributed by atoms with Crippen LogP contribution in [-0.2, 0) is 16.1 Å². The monoisotopic (exact) mass is 287 g/mol. The zero-order valence-electron chi connectivity index (χ0n) is 11.8. The lowest BCUT2D eigenvalue weighted by Crippen LogP contribution is -2.27. The number of methoxy groups -OCH3 is 1. The summed E-state index contributed by atoms with van der Waals surface area (Å²) in [4.78, 5) is 15.9. The number of nitrogen functional groups attached to an aromatic ring is 1. The highest BCUT2D eigenvalue weighted by Gasteiger charge is 2.10. The van der Waals surface area contributed by atoms with Crippen LogP contribution in [0, 0.1) is 11.3 Å². The molecule has 1 heterocycles. The summed E-state index contributed by atoms with van der Waals surface area (Å²) in [6, 6.07) is 7.24. The second kappa shape index (κ2) is 6.72. The lowest BCUT2D eigenvalue weighted by Gasteiger charge is -2.07. The van der Waals surface area contributed by atoms with E-state index in [1.165, 1.54) is 0 Å². The van der Waals surface area contributed by atoms with Gasteiger partial charge in [0.05, 0.1) is 29.3 Å². The van der Waals surface area contributed by atoms with Crippen molar-refractivity contribution in [3.05, 3.63) is 23.8 Å². The largest absolute Gasteiger partial charge is 0.383 e. The summed E-state index contributed by atoms with van der Waals surface area (Å²) in [5, 5.41) is 11.7. The van der Waals surface area contributed by atoms with Crippen LogP contribution in [0.2, 0.25) is 0 Å². The van der Waals surface area contributed by atoms with Crippen molar-refractivity contribution in [2.75, 3.05) is 26.0 Å². The van der Waals surface area contributed by atoms with Crippen LogP contribution >= 0.6 is 0 Å². The predicted molar refractivity (Wildman–Crippen MR) is 78.4 cm³/mol.